The highest BCUT2D eigenvalue weighted by Crippen LogP contribution is 2.39. The number of aromatic amines is 1. The molecule has 0 spiro atoms. The van der Waals surface area contributed by atoms with Crippen molar-refractivity contribution in [1.82, 2.24) is 20.3 Å². The molecule has 0 aliphatic heterocycles. The van der Waals surface area contributed by atoms with Gasteiger partial charge in [0.25, 0.3) is 0 Å². The van der Waals surface area contributed by atoms with E-state index in [1.54, 1.807) is 19.5 Å². The molecule has 2 aromatic carbocycles. The number of hydrogen-bond acceptors (Lipinski definition) is 5. The second-order valence-electron chi connectivity index (χ2n) is 6.04. The molecule has 150 valence electrons. The van der Waals surface area contributed by atoms with E-state index in [2.05, 4.69) is 37.7 Å². The van der Waals surface area contributed by atoms with Gasteiger partial charge < -0.3 is 15.0 Å². The van der Waals surface area contributed by atoms with Gasteiger partial charge in [0.05, 0.1) is 11.8 Å². The van der Waals surface area contributed by atoms with Gasteiger partial charge in [-0.15, -0.1) is 12.4 Å². The summed E-state index contributed by atoms with van der Waals surface area (Å²) in [5.74, 6) is 1.51. The summed E-state index contributed by atoms with van der Waals surface area (Å²) in [5, 5.41) is 6.15. The smallest absolute Gasteiger partial charge is 0.321 e. The Bertz CT molecular complexity index is 1080. The molecular formula is C20H20ClN5O2S. The minimum absolute atomic E-state index is 0. The van der Waals surface area contributed by atoms with Gasteiger partial charge in [-0.3, -0.25) is 5.32 Å². The predicted molar refractivity (Wildman–Crippen MR) is 118 cm³/mol. The highest BCUT2D eigenvalue weighted by molar-refractivity contribution is 7.23. The Balaban J connectivity index is 0.00000240. The van der Waals surface area contributed by atoms with E-state index >= 15 is 0 Å². The molecule has 0 saturated carbocycles. The van der Waals surface area contributed by atoms with E-state index in [1.807, 2.05) is 30.3 Å². The number of halogens is 1. The fraction of sp³-hybridized carbons (Fsp3) is 0.150. The first-order valence-electron chi connectivity index (χ1n) is 8.80. The second kappa shape index (κ2) is 9.40. The molecule has 29 heavy (non-hydrogen) atoms. The molecule has 2 aromatic heterocycles. The van der Waals surface area contributed by atoms with E-state index in [0.29, 0.717) is 23.8 Å². The number of carbonyl (C=O) groups excluding carboxylic acids is 1. The van der Waals surface area contributed by atoms with Crippen molar-refractivity contribution in [2.75, 3.05) is 19.0 Å². The van der Waals surface area contributed by atoms with Crippen LogP contribution in [-0.2, 0) is 6.42 Å². The van der Waals surface area contributed by atoms with E-state index in [-0.39, 0.29) is 18.4 Å². The lowest BCUT2D eigenvalue weighted by Crippen LogP contribution is -2.30. The zero-order valence-electron chi connectivity index (χ0n) is 15.6. The zero-order chi connectivity index (χ0) is 19.3. The topological polar surface area (TPSA) is 91.9 Å². The lowest BCUT2D eigenvalue weighted by molar-refractivity contribution is 0.252. The number of hydrogen-bond donors (Lipinski definition) is 3. The zero-order valence-corrected chi connectivity index (χ0v) is 17.3. The number of aromatic nitrogens is 3. The van der Waals surface area contributed by atoms with Crippen molar-refractivity contribution >= 4 is 45.1 Å². The fourth-order valence-electron chi connectivity index (χ4n) is 2.92. The molecule has 4 aromatic rings. The molecule has 0 bridgehead atoms. The summed E-state index contributed by atoms with van der Waals surface area (Å²) in [4.78, 5) is 23.9. The van der Waals surface area contributed by atoms with Crippen LogP contribution >= 0.6 is 23.7 Å². The summed E-state index contributed by atoms with van der Waals surface area (Å²) in [5.41, 5.74) is 2.88. The number of carbonyl (C=O) groups is 1. The third kappa shape index (κ3) is 4.67. The average Bonchev–Trinajstić information content (AvgIpc) is 3.37. The molecule has 3 N–H and O–H groups in total. The number of ether oxygens (including phenoxy) is 1. The highest BCUT2D eigenvalue weighted by atomic mass is 35.5. The van der Waals surface area contributed by atoms with Crippen molar-refractivity contribution in [1.29, 1.82) is 0 Å². The molecule has 2 heterocycles. The Labute approximate surface area is 178 Å². The number of H-pyrrole nitrogens is 1. The first-order valence-corrected chi connectivity index (χ1v) is 9.62. The molecule has 7 nitrogen and oxygen atoms in total. The Kier molecular flexibility index (Phi) is 6.69. The number of nitrogens with zero attached hydrogens (tertiary/aromatic N) is 2. The van der Waals surface area contributed by atoms with E-state index < -0.39 is 0 Å². The third-order valence-corrected chi connectivity index (χ3v) is 5.24. The first kappa shape index (κ1) is 20.6. The summed E-state index contributed by atoms with van der Waals surface area (Å²) in [6.45, 7) is 0.475. The number of thiazole rings is 1. The monoisotopic (exact) mass is 429 g/mol. The third-order valence-electron chi connectivity index (χ3n) is 4.23. The predicted octanol–water partition coefficient (Wildman–Crippen LogP) is 4.48. The van der Waals surface area contributed by atoms with E-state index in [9.17, 15) is 4.79 Å². The Morgan fingerprint density at radius 3 is 2.76 bits per heavy atom. The average molecular weight is 430 g/mol. The van der Waals surface area contributed by atoms with Gasteiger partial charge in [0.2, 0.25) is 0 Å². The second-order valence-corrected chi connectivity index (χ2v) is 7.04. The number of rotatable bonds is 6. The number of anilines is 1. The summed E-state index contributed by atoms with van der Waals surface area (Å²) in [6, 6.07) is 13.7. The number of amides is 2. The van der Waals surface area contributed by atoms with E-state index in [0.717, 1.165) is 27.2 Å². The first-order chi connectivity index (χ1) is 13.7. The summed E-state index contributed by atoms with van der Waals surface area (Å²) in [7, 11) is 1.62. The summed E-state index contributed by atoms with van der Waals surface area (Å²) in [6.07, 6.45) is 4.08. The molecule has 0 fully saturated rings. The van der Waals surface area contributed by atoms with Crippen LogP contribution in [0.5, 0.6) is 5.75 Å². The molecule has 0 atom stereocenters. The largest absolute Gasteiger partial charge is 0.494 e. The van der Waals surface area contributed by atoms with Crippen molar-refractivity contribution in [2.24, 2.45) is 0 Å². The molecule has 2 amide bonds. The normalized spacial score (nSPS) is 10.4. The van der Waals surface area contributed by atoms with Crippen LogP contribution in [0.15, 0.2) is 54.9 Å². The lowest BCUT2D eigenvalue weighted by atomic mass is 10.1. The Hall–Kier alpha value is -3.10. The van der Waals surface area contributed by atoms with Gasteiger partial charge in [-0.25, -0.2) is 14.8 Å². The Morgan fingerprint density at radius 1 is 1.21 bits per heavy atom. The van der Waals surface area contributed by atoms with Gasteiger partial charge in [0.15, 0.2) is 5.13 Å². The van der Waals surface area contributed by atoms with Crippen LogP contribution in [0.1, 0.15) is 5.82 Å². The minimum Gasteiger partial charge on any atom is -0.494 e. The molecule has 4 rings (SSSR count). The van der Waals surface area contributed by atoms with Crippen LogP contribution in [0, 0.1) is 0 Å². The Morgan fingerprint density at radius 2 is 2.03 bits per heavy atom. The van der Waals surface area contributed by atoms with Crippen LogP contribution in [0.25, 0.3) is 21.3 Å². The van der Waals surface area contributed by atoms with Gasteiger partial charge in [0, 0.05) is 30.9 Å². The van der Waals surface area contributed by atoms with Crippen LogP contribution in [0.3, 0.4) is 0 Å². The molecule has 0 unspecified atom stereocenters. The highest BCUT2D eigenvalue weighted by Gasteiger charge is 2.15. The molecule has 0 aliphatic carbocycles. The van der Waals surface area contributed by atoms with Crippen molar-refractivity contribution < 1.29 is 9.53 Å². The fourth-order valence-corrected chi connectivity index (χ4v) is 3.93. The van der Waals surface area contributed by atoms with E-state index in [1.165, 1.54) is 11.3 Å². The minimum atomic E-state index is -0.300. The van der Waals surface area contributed by atoms with Crippen molar-refractivity contribution in [2.45, 2.75) is 6.42 Å². The number of imidazole rings is 1. The van der Waals surface area contributed by atoms with Gasteiger partial charge in [-0.05, 0) is 17.7 Å². The van der Waals surface area contributed by atoms with Crippen LogP contribution in [0.4, 0.5) is 9.93 Å². The maximum atomic E-state index is 12.2. The van der Waals surface area contributed by atoms with Gasteiger partial charge >= 0.3 is 6.03 Å². The quantitative estimate of drug-likeness (QED) is 0.421. The summed E-state index contributed by atoms with van der Waals surface area (Å²) < 4.78 is 6.42. The van der Waals surface area contributed by atoms with E-state index in [4.69, 9.17) is 4.74 Å². The molecule has 0 aliphatic rings. The van der Waals surface area contributed by atoms with Crippen molar-refractivity contribution in [3.8, 4) is 16.9 Å². The van der Waals surface area contributed by atoms with Gasteiger partial charge in [-0.1, -0.05) is 41.7 Å². The molecule has 0 radical (unpaired) electrons. The SMILES string of the molecule is COc1ccc(-c2ccccc2)c2sc(NC(=O)NCCc3ncc[nH]3)nc12.Cl. The van der Waals surface area contributed by atoms with Crippen LogP contribution in [0.2, 0.25) is 0 Å². The molecular weight excluding hydrogens is 410 g/mol. The van der Waals surface area contributed by atoms with Gasteiger partial charge in [-0.2, -0.15) is 0 Å². The summed E-state index contributed by atoms with van der Waals surface area (Å²) >= 11 is 1.43. The number of methoxy groups -OCH3 is 1. The maximum absolute atomic E-state index is 12.2. The maximum Gasteiger partial charge on any atom is 0.321 e. The molecule has 9 heteroatoms. The number of nitrogens with one attached hydrogen (secondary N) is 3. The van der Waals surface area contributed by atoms with Crippen molar-refractivity contribution in [3.63, 3.8) is 0 Å². The number of urea groups is 1. The van der Waals surface area contributed by atoms with Crippen molar-refractivity contribution in [3.05, 3.63) is 60.7 Å². The standard InChI is InChI=1S/C20H19N5O2S.ClH/c1-27-15-8-7-14(13-5-3-2-4-6-13)18-17(15)24-20(28-18)25-19(26)23-10-9-16-21-11-12-22-16;/h2-8,11-12H,9-10H2,1H3,(H,21,22)(H2,23,24,25,26);1H. The van der Waals surface area contributed by atoms with Gasteiger partial charge in [0.1, 0.15) is 17.1 Å². The van der Waals surface area contributed by atoms with Crippen LogP contribution in [-0.4, -0.2) is 34.6 Å². The number of benzene rings is 2. The lowest BCUT2D eigenvalue weighted by Gasteiger charge is -2.05. The number of fused-ring (bicyclic) bond motifs is 1. The van der Waals surface area contributed by atoms with Crippen LogP contribution < -0.4 is 15.4 Å². The molecule has 0 saturated heterocycles.